The van der Waals surface area contributed by atoms with E-state index in [1.807, 2.05) is 37.3 Å². The van der Waals surface area contributed by atoms with Crippen LogP contribution in [0.15, 0.2) is 101 Å². The number of furan rings is 1. The highest BCUT2D eigenvalue weighted by molar-refractivity contribution is 6.00. The van der Waals surface area contributed by atoms with Gasteiger partial charge in [0.05, 0.1) is 12.0 Å². The molecule has 0 aliphatic heterocycles. The molecule has 4 aromatic heterocycles. The largest absolute Gasteiger partial charge is 0.463 e. The molecular formula is C28H22N8O3. The van der Waals surface area contributed by atoms with E-state index in [2.05, 4.69) is 36.0 Å². The molecule has 0 atom stereocenters. The highest BCUT2D eigenvalue weighted by Gasteiger charge is 2.16. The Bertz CT molecular complexity index is 1830. The summed E-state index contributed by atoms with van der Waals surface area (Å²) in [6.45, 7) is 1.99. The van der Waals surface area contributed by atoms with Gasteiger partial charge >= 0.3 is 6.03 Å². The van der Waals surface area contributed by atoms with Gasteiger partial charge in [0.2, 0.25) is 0 Å². The Kier molecular flexibility index (Phi) is 6.06. The average Bonchev–Trinajstić information content (AvgIpc) is 3.61. The molecule has 0 aliphatic carbocycles. The number of hydrogen-bond acceptors (Lipinski definition) is 7. The van der Waals surface area contributed by atoms with Gasteiger partial charge in [-0.3, -0.25) is 10.1 Å². The number of nitrogens with zero attached hydrogens (tertiary/aromatic N) is 4. The molecule has 6 rings (SSSR count). The average molecular weight is 519 g/mol. The van der Waals surface area contributed by atoms with Gasteiger partial charge in [0.25, 0.3) is 0 Å². The predicted octanol–water partition coefficient (Wildman–Crippen LogP) is 5.46. The maximum atomic E-state index is 12.9. The van der Waals surface area contributed by atoms with Crippen LogP contribution in [0.3, 0.4) is 0 Å². The van der Waals surface area contributed by atoms with Crippen molar-refractivity contribution in [2.75, 3.05) is 16.0 Å². The number of aryl methyl sites for hydroxylation is 1. The summed E-state index contributed by atoms with van der Waals surface area (Å²) in [7, 11) is 0. The van der Waals surface area contributed by atoms with Crippen LogP contribution in [-0.2, 0) is 0 Å². The highest BCUT2D eigenvalue weighted by atomic mass is 16.3. The lowest BCUT2D eigenvalue weighted by atomic mass is 10.2. The first-order chi connectivity index (χ1) is 19.0. The molecule has 0 radical (unpaired) electrons. The monoisotopic (exact) mass is 518 g/mol. The molecule has 0 aliphatic rings. The second-order valence-corrected chi connectivity index (χ2v) is 8.71. The number of pyridine rings is 1. The van der Waals surface area contributed by atoms with Crippen LogP contribution >= 0.6 is 0 Å². The number of nitrogens with one attached hydrogen (secondary N) is 4. The summed E-state index contributed by atoms with van der Waals surface area (Å²) in [6, 6.07) is 21.1. The minimum absolute atomic E-state index is 0.193. The van der Waals surface area contributed by atoms with Crippen LogP contribution in [0.25, 0.3) is 28.2 Å². The molecule has 39 heavy (non-hydrogen) atoms. The fourth-order valence-corrected chi connectivity index (χ4v) is 4.13. The number of aromatic amines is 1. The number of amides is 2. The van der Waals surface area contributed by atoms with Crippen molar-refractivity contribution in [1.29, 1.82) is 0 Å². The maximum absolute atomic E-state index is 12.9. The van der Waals surface area contributed by atoms with Gasteiger partial charge in [0.1, 0.15) is 34.7 Å². The topological polar surface area (TPSA) is 143 Å². The van der Waals surface area contributed by atoms with Crippen molar-refractivity contribution in [3.63, 3.8) is 0 Å². The number of fused-ring (bicyclic) bond motifs is 1. The van der Waals surface area contributed by atoms with Crippen LogP contribution in [0.4, 0.5) is 27.8 Å². The minimum atomic E-state index is -0.441. The summed E-state index contributed by atoms with van der Waals surface area (Å²) in [4.78, 5) is 36.5. The normalized spacial score (nSPS) is 10.9. The molecule has 0 spiro atoms. The Morgan fingerprint density at radius 3 is 2.59 bits per heavy atom. The number of rotatable bonds is 6. The van der Waals surface area contributed by atoms with Gasteiger partial charge in [0, 0.05) is 29.7 Å². The zero-order valence-electron chi connectivity index (χ0n) is 20.7. The fourth-order valence-electron chi connectivity index (χ4n) is 4.13. The zero-order chi connectivity index (χ0) is 26.8. The van der Waals surface area contributed by atoms with Crippen molar-refractivity contribution in [2.24, 2.45) is 0 Å². The molecule has 11 heteroatoms. The van der Waals surface area contributed by atoms with Gasteiger partial charge in [-0.05, 0) is 61.0 Å². The minimum Gasteiger partial charge on any atom is -0.463 e. The molecule has 0 saturated carbocycles. The summed E-state index contributed by atoms with van der Waals surface area (Å²) in [5.74, 6) is 1.45. The van der Waals surface area contributed by atoms with E-state index in [1.54, 1.807) is 53.5 Å². The Morgan fingerprint density at radius 2 is 1.79 bits per heavy atom. The van der Waals surface area contributed by atoms with Crippen LogP contribution in [-0.4, -0.2) is 30.8 Å². The van der Waals surface area contributed by atoms with E-state index in [1.165, 1.54) is 12.4 Å². The van der Waals surface area contributed by atoms with Crippen molar-refractivity contribution < 1.29 is 9.21 Å². The van der Waals surface area contributed by atoms with Crippen molar-refractivity contribution in [3.05, 3.63) is 107 Å². The quantitative estimate of drug-likeness (QED) is 0.229. The first kappa shape index (κ1) is 23.7. The van der Waals surface area contributed by atoms with E-state index in [0.29, 0.717) is 45.5 Å². The number of anilines is 4. The number of aromatic nitrogens is 5. The van der Waals surface area contributed by atoms with Crippen LogP contribution in [0, 0.1) is 6.92 Å². The number of carbonyl (C=O) groups excluding carboxylic acids is 1. The molecule has 2 aromatic carbocycles. The Balaban J connectivity index is 1.20. The third kappa shape index (κ3) is 4.96. The lowest BCUT2D eigenvalue weighted by Crippen LogP contribution is -2.21. The van der Waals surface area contributed by atoms with Crippen LogP contribution in [0.5, 0.6) is 0 Å². The van der Waals surface area contributed by atoms with Gasteiger partial charge < -0.3 is 20.0 Å². The zero-order valence-corrected chi connectivity index (χ0v) is 20.7. The maximum Gasteiger partial charge on any atom is 0.324 e. The summed E-state index contributed by atoms with van der Waals surface area (Å²) in [5.41, 5.74) is 3.95. The predicted molar refractivity (Wildman–Crippen MR) is 149 cm³/mol. The van der Waals surface area contributed by atoms with Crippen LogP contribution in [0.2, 0.25) is 0 Å². The van der Waals surface area contributed by atoms with E-state index >= 15 is 0 Å². The van der Waals surface area contributed by atoms with E-state index < -0.39 is 6.03 Å². The van der Waals surface area contributed by atoms with Crippen molar-refractivity contribution in [1.82, 2.24) is 24.7 Å². The molecule has 0 unspecified atom stereocenters. The fraction of sp³-hybridized carbons (Fsp3) is 0.0357. The molecule has 4 heterocycles. The standard InChI is InChI=1S/C28H22N8O3/c1-17-4-2-5-20(14-17)36-24(15-21(35-36)23-6-3-13-39-23)34-28(38)33-19-9-7-18(8-10-19)32-27-25-22(37)11-12-29-26(25)30-16-31-27/h2-16H,1H3,(H2,33,34,38)(H2,29,30,31,32,37). The van der Waals surface area contributed by atoms with E-state index in [0.717, 1.165) is 11.3 Å². The molecule has 0 saturated heterocycles. The molecule has 0 fully saturated rings. The third-order valence-electron chi connectivity index (χ3n) is 5.92. The van der Waals surface area contributed by atoms with Crippen molar-refractivity contribution >= 4 is 40.1 Å². The molecule has 11 nitrogen and oxygen atoms in total. The van der Waals surface area contributed by atoms with Gasteiger partial charge in [-0.2, -0.15) is 5.10 Å². The second-order valence-electron chi connectivity index (χ2n) is 8.71. The number of carbonyl (C=O) groups is 1. The molecule has 0 bridgehead atoms. The van der Waals surface area contributed by atoms with E-state index in [4.69, 9.17) is 4.42 Å². The highest BCUT2D eigenvalue weighted by Crippen LogP contribution is 2.26. The Morgan fingerprint density at radius 1 is 0.949 bits per heavy atom. The molecule has 192 valence electrons. The van der Waals surface area contributed by atoms with Gasteiger partial charge in [0.15, 0.2) is 11.2 Å². The van der Waals surface area contributed by atoms with Crippen molar-refractivity contribution in [2.45, 2.75) is 6.92 Å². The second kappa shape index (κ2) is 9.98. The summed E-state index contributed by atoms with van der Waals surface area (Å²) < 4.78 is 7.15. The van der Waals surface area contributed by atoms with E-state index in [9.17, 15) is 9.59 Å². The van der Waals surface area contributed by atoms with Crippen LogP contribution in [0.1, 0.15) is 5.56 Å². The lowest BCUT2D eigenvalue weighted by Gasteiger charge is -2.11. The van der Waals surface area contributed by atoms with Gasteiger partial charge in [-0.25, -0.2) is 19.4 Å². The summed E-state index contributed by atoms with van der Waals surface area (Å²) >= 11 is 0. The third-order valence-corrected chi connectivity index (χ3v) is 5.92. The number of hydrogen-bond donors (Lipinski definition) is 4. The van der Waals surface area contributed by atoms with E-state index in [-0.39, 0.29) is 5.43 Å². The van der Waals surface area contributed by atoms with Gasteiger partial charge in [-0.15, -0.1) is 0 Å². The summed E-state index contributed by atoms with van der Waals surface area (Å²) in [6.07, 6.45) is 4.49. The Hall–Kier alpha value is -5.71. The smallest absolute Gasteiger partial charge is 0.324 e. The van der Waals surface area contributed by atoms with Gasteiger partial charge in [-0.1, -0.05) is 12.1 Å². The molecule has 2 amide bonds. The Labute approximate surface area is 221 Å². The first-order valence-corrected chi connectivity index (χ1v) is 12.0. The molecule has 6 aromatic rings. The molecule has 4 N–H and O–H groups in total. The lowest BCUT2D eigenvalue weighted by molar-refractivity contribution is 0.262. The summed E-state index contributed by atoms with van der Waals surface area (Å²) in [5, 5.41) is 13.8. The van der Waals surface area contributed by atoms with Crippen molar-refractivity contribution in [3.8, 4) is 17.1 Å². The van der Waals surface area contributed by atoms with Crippen LogP contribution < -0.4 is 21.4 Å². The SMILES string of the molecule is Cc1cccc(-n2nc(-c3ccco3)cc2NC(=O)Nc2ccc(Nc3ncnc4[nH]ccc(=O)c34)cc2)c1. The number of H-pyrrole nitrogens is 1. The first-order valence-electron chi connectivity index (χ1n) is 12.0. The molecular weight excluding hydrogens is 496 g/mol. The number of benzene rings is 2. The number of urea groups is 1.